The van der Waals surface area contributed by atoms with Crippen molar-refractivity contribution in [2.45, 2.75) is 20.3 Å². The minimum absolute atomic E-state index is 0.0447. The molecule has 3 aromatic rings. The molecule has 0 spiro atoms. The number of furan rings is 1. The average molecular weight is 403 g/mol. The Bertz CT molecular complexity index is 994. The fraction of sp³-hybridized carbons (Fsp3) is 0.167. The Morgan fingerprint density at radius 3 is 2.72 bits per heavy atom. The van der Waals surface area contributed by atoms with E-state index in [0.29, 0.717) is 10.2 Å². The van der Waals surface area contributed by atoms with Crippen LogP contribution >= 0.6 is 15.9 Å². The molecule has 0 radical (unpaired) electrons. The first kappa shape index (κ1) is 17.2. The maximum atomic E-state index is 12.4. The molecule has 0 aliphatic rings. The number of rotatable bonds is 4. The van der Waals surface area contributed by atoms with Gasteiger partial charge in [0.05, 0.1) is 23.3 Å². The van der Waals surface area contributed by atoms with Crippen molar-refractivity contribution in [3.05, 3.63) is 67.9 Å². The number of nitro benzene ring substituents is 1. The number of carbonyl (C=O) groups excluding carboxylic acids is 1. The summed E-state index contributed by atoms with van der Waals surface area (Å²) in [5.74, 6) is -0.225. The molecule has 2 aromatic carbocycles. The van der Waals surface area contributed by atoms with Gasteiger partial charge in [0, 0.05) is 27.6 Å². The van der Waals surface area contributed by atoms with Crippen molar-refractivity contribution < 1.29 is 14.1 Å². The third kappa shape index (κ3) is 3.56. The van der Waals surface area contributed by atoms with E-state index in [0.717, 1.165) is 27.7 Å². The van der Waals surface area contributed by atoms with Crippen molar-refractivity contribution in [1.29, 1.82) is 0 Å². The number of amides is 1. The lowest BCUT2D eigenvalue weighted by Crippen LogP contribution is -2.14. The summed E-state index contributed by atoms with van der Waals surface area (Å²) in [5.41, 5.74) is 4.17. The number of nitrogens with one attached hydrogen (secondary N) is 1. The highest BCUT2D eigenvalue weighted by atomic mass is 79.9. The molecule has 3 rings (SSSR count). The van der Waals surface area contributed by atoms with E-state index in [1.165, 1.54) is 18.2 Å². The highest BCUT2D eigenvalue weighted by Gasteiger charge is 2.15. The minimum Gasteiger partial charge on any atom is -0.464 e. The molecule has 25 heavy (non-hydrogen) atoms. The van der Waals surface area contributed by atoms with Gasteiger partial charge in [-0.3, -0.25) is 14.9 Å². The lowest BCUT2D eigenvalue weighted by molar-refractivity contribution is -0.384. The van der Waals surface area contributed by atoms with Crippen LogP contribution in [-0.2, 0) is 11.2 Å². The lowest BCUT2D eigenvalue weighted by atomic mass is 10.0. The molecular weight excluding hydrogens is 388 g/mol. The molecule has 1 aromatic heterocycles. The molecule has 0 atom stereocenters. The first-order chi connectivity index (χ1) is 11.8. The second kappa shape index (κ2) is 6.68. The molecule has 128 valence electrons. The summed E-state index contributed by atoms with van der Waals surface area (Å²) in [6.07, 6.45) is 1.75. The van der Waals surface area contributed by atoms with Gasteiger partial charge in [-0.1, -0.05) is 6.07 Å². The number of nitro groups is 1. The van der Waals surface area contributed by atoms with E-state index in [1.54, 1.807) is 6.26 Å². The van der Waals surface area contributed by atoms with Crippen molar-refractivity contribution >= 4 is 44.2 Å². The molecule has 1 N–H and O–H groups in total. The molecule has 0 saturated carbocycles. The first-order valence-corrected chi connectivity index (χ1v) is 8.35. The lowest BCUT2D eigenvalue weighted by Gasteiger charge is -2.07. The Labute approximate surface area is 152 Å². The summed E-state index contributed by atoms with van der Waals surface area (Å²) in [7, 11) is 0. The van der Waals surface area contributed by atoms with Crippen LogP contribution in [0.25, 0.3) is 11.0 Å². The van der Waals surface area contributed by atoms with Crippen LogP contribution in [0.5, 0.6) is 0 Å². The number of nitrogens with zero attached hydrogens (tertiary/aromatic N) is 1. The highest BCUT2D eigenvalue weighted by Crippen LogP contribution is 2.29. The van der Waals surface area contributed by atoms with Gasteiger partial charge >= 0.3 is 0 Å². The molecule has 0 unspecified atom stereocenters. The van der Waals surface area contributed by atoms with Gasteiger partial charge in [-0.15, -0.1) is 0 Å². The van der Waals surface area contributed by atoms with Crippen LogP contribution in [-0.4, -0.2) is 10.8 Å². The van der Waals surface area contributed by atoms with Gasteiger partial charge in [0.25, 0.3) is 5.69 Å². The van der Waals surface area contributed by atoms with Crippen molar-refractivity contribution in [3.8, 4) is 0 Å². The molecule has 0 bridgehead atoms. The number of carbonyl (C=O) groups is 1. The van der Waals surface area contributed by atoms with Crippen LogP contribution in [0.2, 0.25) is 0 Å². The Balaban J connectivity index is 1.81. The van der Waals surface area contributed by atoms with Crippen LogP contribution < -0.4 is 5.32 Å². The van der Waals surface area contributed by atoms with Crippen LogP contribution in [0.3, 0.4) is 0 Å². The predicted octanol–water partition coefficient (Wildman–Crippen LogP) is 4.90. The van der Waals surface area contributed by atoms with E-state index >= 15 is 0 Å². The summed E-state index contributed by atoms with van der Waals surface area (Å²) in [4.78, 5) is 22.6. The van der Waals surface area contributed by atoms with E-state index in [-0.39, 0.29) is 18.0 Å². The van der Waals surface area contributed by atoms with Crippen molar-refractivity contribution in [1.82, 2.24) is 0 Å². The van der Waals surface area contributed by atoms with Crippen molar-refractivity contribution in [3.63, 3.8) is 0 Å². The van der Waals surface area contributed by atoms with E-state index in [4.69, 9.17) is 4.42 Å². The first-order valence-electron chi connectivity index (χ1n) is 7.56. The third-order valence-electron chi connectivity index (χ3n) is 3.88. The van der Waals surface area contributed by atoms with Gasteiger partial charge < -0.3 is 9.73 Å². The van der Waals surface area contributed by atoms with E-state index in [9.17, 15) is 14.9 Å². The molecule has 6 nitrogen and oxygen atoms in total. The Kier molecular flexibility index (Phi) is 4.59. The molecule has 7 heteroatoms. The van der Waals surface area contributed by atoms with Crippen LogP contribution in [0, 0.1) is 24.0 Å². The van der Waals surface area contributed by atoms with Gasteiger partial charge in [-0.25, -0.2) is 0 Å². The van der Waals surface area contributed by atoms with Crippen LogP contribution in [0.15, 0.2) is 45.5 Å². The zero-order chi connectivity index (χ0) is 18.1. The highest BCUT2D eigenvalue weighted by molar-refractivity contribution is 9.10. The van der Waals surface area contributed by atoms with Crippen LogP contribution in [0.1, 0.15) is 16.7 Å². The van der Waals surface area contributed by atoms with Gasteiger partial charge in [-0.05, 0) is 53.0 Å². The molecule has 0 aliphatic heterocycles. The number of benzene rings is 2. The predicted molar refractivity (Wildman–Crippen MR) is 98.8 cm³/mol. The van der Waals surface area contributed by atoms with Crippen molar-refractivity contribution in [2.75, 3.05) is 5.32 Å². The Hall–Kier alpha value is -2.67. The number of halogens is 1. The van der Waals surface area contributed by atoms with Crippen LogP contribution in [0.4, 0.5) is 11.4 Å². The zero-order valence-corrected chi connectivity index (χ0v) is 15.2. The SMILES string of the molecule is Cc1cc(C)c2c(CC(=O)Nc3ccc([N+](=O)[O-])cc3Br)coc2c1. The van der Waals surface area contributed by atoms with E-state index in [2.05, 4.69) is 21.2 Å². The Morgan fingerprint density at radius 1 is 1.28 bits per heavy atom. The molecule has 1 heterocycles. The van der Waals surface area contributed by atoms with Gasteiger partial charge in [0.15, 0.2) is 0 Å². The van der Waals surface area contributed by atoms with Gasteiger partial charge in [0.2, 0.25) is 5.91 Å². The summed E-state index contributed by atoms with van der Waals surface area (Å²) in [6.45, 7) is 3.98. The third-order valence-corrected chi connectivity index (χ3v) is 4.54. The fourth-order valence-electron chi connectivity index (χ4n) is 2.84. The number of hydrogen-bond donors (Lipinski definition) is 1. The maximum Gasteiger partial charge on any atom is 0.270 e. The zero-order valence-electron chi connectivity index (χ0n) is 13.6. The quantitative estimate of drug-likeness (QED) is 0.496. The standard InChI is InChI=1S/C18H15BrN2O4/c1-10-5-11(2)18-12(9-25-16(18)6-10)7-17(22)20-15-4-3-13(21(23)24)8-14(15)19/h3-6,8-9H,7H2,1-2H3,(H,20,22). The molecular formula is C18H15BrN2O4. The number of fused-ring (bicyclic) bond motifs is 1. The number of hydrogen-bond acceptors (Lipinski definition) is 4. The average Bonchev–Trinajstić information content (AvgIpc) is 2.91. The monoisotopic (exact) mass is 402 g/mol. The number of aryl methyl sites for hydroxylation is 2. The molecule has 0 saturated heterocycles. The molecule has 1 amide bonds. The fourth-order valence-corrected chi connectivity index (χ4v) is 3.31. The smallest absolute Gasteiger partial charge is 0.270 e. The van der Waals surface area contributed by atoms with Crippen molar-refractivity contribution in [2.24, 2.45) is 0 Å². The summed E-state index contributed by atoms with van der Waals surface area (Å²) in [5, 5.41) is 14.5. The van der Waals surface area contributed by atoms with E-state index < -0.39 is 4.92 Å². The topological polar surface area (TPSA) is 85.4 Å². The second-order valence-corrected chi connectivity index (χ2v) is 6.72. The largest absolute Gasteiger partial charge is 0.464 e. The minimum atomic E-state index is -0.487. The Morgan fingerprint density at radius 2 is 2.04 bits per heavy atom. The second-order valence-electron chi connectivity index (χ2n) is 5.86. The normalized spacial score (nSPS) is 10.8. The van der Waals surface area contributed by atoms with E-state index in [1.807, 2.05) is 26.0 Å². The van der Waals surface area contributed by atoms with Gasteiger partial charge in [-0.2, -0.15) is 0 Å². The summed E-state index contributed by atoms with van der Waals surface area (Å²) in [6, 6.07) is 8.20. The number of non-ortho nitro benzene ring substituents is 1. The summed E-state index contributed by atoms with van der Waals surface area (Å²) < 4.78 is 6.02. The number of anilines is 1. The summed E-state index contributed by atoms with van der Waals surface area (Å²) >= 11 is 3.24. The molecule has 0 aliphatic carbocycles. The maximum absolute atomic E-state index is 12.4. The molecule has 0 fully saturated rings. The van der Waals surface area contributed by atoms with Gasteiger partial charge in [0.1, 0.15) is 5.58 Å².